The van der Waals surface area contributed by atoms with Crippen molar-refractivity contribution in [3.63, 3.8) is 0 Å². The molecule has 23 heavy (non-hydrogen) atoms. The number of amides is 1. The highest BCUT2D eigenvalue weighted by Gasteiger charge is 2.21. The fourth-order valence-electron chi connectivity index (χ4n) is 2.55. The van der Waals surface area contributed by atoms with Crippen molar-refractivity contribution in [3.8, 4) is 0 Å². The van der Waals surface area contributed by atoms with Gasteiger partial charge in [0.05, 0.1) is 10.9 Å². The van der Waals surface area contributed by atoms with E-state index in [9.17, 15) is 14.4 Å². The van der Waals surface area contributed by atoms with Crippen LogP contribution >= 0.6 is 0 Å². The van der Waals surface area contributed by atoms with Gasteiger partial charge >= 0.3 is 5.69 Å². The predicted molar refractivity (Wildman–Crippen MR) is 90.7 cm³/mol. The van der Waals surface area contributed by atoms with Gasteiger partial charge in [-0.3, -0.25) is 18.7 Å². The van der Waals surface area contributed by atoms with Crippen LogP contribution in [0.2, 0.25) is 0 Å². The summed E-state index contributed by atoms with van der Waals surface area (Å²) in [7, 11) is 0. The third kappa shape index (κ3) is 3.21. The normalized spacial score (nSPS) is 12.6. The number of fused-ring (bicyclic) bond motifs is 1. The van der Waals surface area contributed by atoms with Crippen LogP contribution in [-0.4, -0.2) is 21.6 Å². The number of hydrogen-bond donors (Lipinski definition) is 1. The molecule has 1 unspecified atom stereocenters. The van der Waals surface area contributed by atoms with Crippen molar-refractivity contribution in [2.45, 2.75) is 40.3 Å². The maximum absolute atomic E-state index is 12.7. The molecule has 0 saturated heterocycles. The van der Waals surface area contributed by atoms with E-state index in [1.807, 2.05) is 13.8 Å². The average Bonchev–Trinajstić information content (AvgIpc) is 2.53. The fraction of sp³-hybridized carbons (Fsp3) is 0.471. The van der Waals surface area contributed by atoms with E-state index in [1.54, 1.807) is 38.1 Å². The number of aromatic nitrogens is 2. The molecule has 1 aromatic heterocycles. The second-order valence-electron chi connectivity index (χ2n) is 6.03. The molecule has 6 heteroatoms. The number of nitrogens with zero attached hydrogens (tertiary/aromatic N) is 2. The number of carbonyl (C=O) groups is 1. The summed E-state index contributed by atoms with van der Waals surface area (Å²) in [5, 5.41) is 3.28. The van der Waals surface area contributed by atoms with Gasteiger partial charge in [0.25, 0.3) is 5.56 Å². The van der Waals surface area contributed by atoms with E-state index in [-0.39, 0.29) is 18.0 Å². The lowest BCUT2D eigenvalue weighted by molar-refractivity contribution is -0.124. The van der Waals surface area contributed by atoms with Gasteiger partial charge in [-0.15, -0.1) is 0 Å². The van der Waals surface area contributed by atoms with Gasteiger partial charge in [0.1, 0.15) is 6.04 Å². The average molecular weight is 317 g/mol. The quantitative estimate of drug-likeness (QED) is 0.908. The van der Waals surface area contributed by atoms with Crippen LogP contribution in [0.4, 0.5) is 0 Å². The second kappa shape index (κ2) is 6.81. The fourth-order valence-corrected chi connectivity index (χ4v) is 2.55. The Hall–Kier alpha value is -2.37. The minimum absolute atomic E-state index is 0.229. The zero-order valence-corrected chi connectivity index (χ0v) is 14.0. The first-order valence-electron chi connectivity index (χ1n) is 7.90. The number of para-hydroxylation sites is 1. The molecule has 0 aliphatic rings. The second-order valence-corrected chi connectivity index (χ2v) is 6.03. The molecule has 1 aromatic carbocycles. The number of carbonyl (C=O) groups excluding carboxylic acids is 1. The van der Waals surface area contributed by atoms with Crippen LogP contribution in [0.15, 0.2) is 33.9 Å². The van der Waals surface area contributed by atoms with Gasteiger partial charge < -0.3 is 5.32 Å². The van der Waals surface area contributed by atoms with Crippen LogP contribution < -0.4 is 16.6 Å². The number of rotatable bonds is 5. The molecule has 0 bridgehead atoms. The van der Waals surface area contributed by atoms with Crippen LogP contribution in [0, 0.1) is 5.92 Å². The Morgan fingerprint density at radius 2 is 1.83 bits per heavy atom. The first kappa shape index (κ1) is 17.0. The molecule has 0 radical (unpaired) electrons. The van der Waals surface area contributed by atoms with Crippen molar-refractivity contribution >= 4 is 16.8 Å². The Kier molecular flexibility index (Phi) is 5.03. The Labute approximate surface area is 134 Å². The van der Waals surface area contributed by atoms with Gasteiger partial charge in [-0.25, -0.2) is 4.79 Å². The SMILES string of the molecule is CCn1c(=O)c2ccccc2n(C(C)C(=O)NCC(C)C)c1=O. The smallest absolute Gasteiger partial charge is 0.332 e. The van der Waals surface area contributed by atoms with Gasteiger partial charge in [0.2, 0.25) is 5.91 Å². The molecule has 1 N–H and O–H groups in total. The van der Waals surface area contributed by atoms with Crippen molar-refractivity contribution in [2.24, 2.45) is 5.92 Å². The van der Waals surface area contributed by atoms with E-state index in [1.165, 1.54) is 4.57 Å². The lowest BCUT2D eigenvalue weighted by atomic mass is 10.2. The van der Waals surface area contributed by atoms with E-state index in [2.05, 4.69) is 5.32 Å². The first-order valence-corrected chi connectivity index (χ1v) is 7.90. The highest BCUT2D eigenvalue weighted by Crippen LogP contribution is 2.13. The van der Waals surface area contributed by atoms with Crippen molar-refractivity contribution in [1.82, 2.24) is 14.5 Å². The van der Waals surface area contributed by atoms with Crippen molar-refractivity contribution in [2.75, 3.05) is 6.54 Å². The molecule has 1 amide bonds. The Morgan fingerprint density at radius 3 is 2.43 bits per heavy atom. The van der Waals surface area contributed by atoms with E-state index in [4.69, 9.17) is 0 Å². The molecule has 1 atom stereocenters. The van der Waals surface area contributed by atoms with Crippen molar-refractivity contribution in [1.29, 1.82) is 0 Å². The van der Waals surface area contributed by atoms with Crippen LogP contribution in [0.3, 0.4) is 0 Å². The predicted octanol–water partition coefficient (Wildman–Crippen LogP) is 1.52. The molecule has 2 rings (SSSR count). The van der Waals surface area contributed by atoms with E-state index in [0.717, 1.165) is 4.57 Å². The summed E-state index contributed by atoms with van der Waals surface area (Å²) in [6.07, 6.45) is 0. The molecule has 1 heterocycles. The molecule has 0 aliphatic heterocycles. The Balaban J connectivity index is 2.62. The monoisotopic (exact) mass is 317 g/mol. The van der Waals surface area contributed by atoms with Gasteiger partial charge in [0.15, 0.2) is 0 Å². The first-order chi connectivity index (χ1) is 10.9. The minimum atomic E-state index is -0.690. The Bertz CT molecular complexity index is 833. The van der Waals surface area contributed by atoms with E-state index >= 15 is 0 Å². The summed E-state index contributed by atoms with van der Waals surface area (Å²) >= 11 is 0. The molecule has 0 saturated carbocycles. The summed E-state index contributed by atoms with van der Waals surface area (Å²) in [6.45, 7) is 8.24. The third-order valence-electron chi connectivity index (χ3n) is 3.84. The molecule has 124 valence electrons. The number of hydrogen-bond acceptors (Lipinski definition) is 3. The highest BCUT2D eigenvalue weighted by atomic mass is 16.2. The van der Waals surface area contributed by atoms with Crippen LogP contribution in [0.1, 0.15) is 33.7 Å². The largest absolute Gasteiger partial charge is 0.354 e. The minimum Gasteiger partial charge on any atom is -0.354 e. The lowest BCUT2D eigenvalue weighted by Crippen LogP contribution is -2.44. The summed E-state index contributed by atoms with van der Waals surface area (Å²) in [6, 6.07) is 6.20. The van der Waals surface area contributed by atoms with Crippen LogP contribution in [-0.2, 0) is 11.3 Å². The van der Waals surface area contributed by atoms with Crippen LogP contribution in [0.5, 0.6) is 0 Å². The van der Waals surface area contributed by atoms with Crippen molar-refractivity contribution in [3.05, 3.63) is 45.1 Å². The van der Waals surface area contributed by atoms with Gasteiger partial charge in [0, 0.05) is 13.1 Å². The van der Waals surface area contributed by atoms with E-state index in [0.29, 0.717) is 23.4 Å². The summed E-state index contributed by atoms with van der Waals surface area (Å²) in [4.78, 5) is 37.4. The number of benzene rings is 1. The molecule has 0 aliphatic carbocycles. The highest BCUT2D eigenvalue weighted by molar-refractivity contribution is 5.84. The van der Waals surface area contributed by atoms with Gasteiger partial charge in [-0.05, 0) is 31.9 Å². The zero-order chi connectivity index (χ0) is 17.1. The summed E-state index contributed by atoms with van der Waals surface area (Å²) in [5.41, 5.74) is -0.290. The maximum atomic E-state index is 12.7. The summed E-state index contributed by atoms with van der Waals surface area (Å²) in [5.74, 6) is 0.0940. The van der Waals surface area contributed by atoms with Crippen molar-refractivity contribution < 1.29 is 4.79 Å². The van der Waals surface area contributed by atoms with E-state index < -0.39 is 11.7 Å². The zero-order valence-electron chi connectivity index (χ0n) is 14.0. The maximum Gasteiger partial charge on any atom is 0.332 e. The molecular weight excluding hydrogens is 294 g/mol. The van der Waals surface area contributed by atoms with Gasteiger partial charge in [-0.1, -0.05) is 26.0 Å². The van der Waals surface area contributed by atoms with Gasteiger partial charge in [-0.2, -0.15) is 0 Å². The standard InChI is InChI=1S/C17H23N3O3/c1-5-19-16(22)13-8-6-7-9-14(13)20(17(19)23)12(4)15(21)18-10-11(2)3/h6-9,11-12H,5,10H2,1-4H3,(H,18,21). The molecule has 0 fully saturated rings. The van der Waals surface area contributed by atoms with Crippen LogP contribution in [0.25, 0.3) is 10.9 Å². The molecule has 0 spiro atoms. The third-order valence-corrected chi connectivity index (χ3v) is 3.84. The molecule has 6 nitrogen and oxygen atoms in total. The lowest BCUT2D eigenvalue weighted by Gasteiger charge is -2.19. The number of nitrogens with one attached hydrogen (secondary N) is 1. The molecule has 2 aromatic rings. The summed E-state index contributed by atoms with van der Waals surface area (Å²) < 4.78 is 2.56. The Morgan fingerprint density at radius 1 is 1.17 bits per heavy atom. The topological polar surface area (TPSA) is 73.1 Å². The molecular formula is C17H23N3O3.